The van der Waals surface area contributed by atoms with E-state index >= 15 is 0 Å². The summed E-state index contributed by atoms with van der Waals surface area (Å²) in [6.07, 6.45) is 0.132. The molecule has 0 aliphatic rings. The monoisotopic (exact) mass is 224 g/mol. The van der Waals surface area contributed by atoms with Crippen LogP contribution in [0.15, 0.2) is 24.3 Å². The summed E-state index contributed by atoms with van der Waals surface area (Å²) in [6.45, 7) is 0. The summed E-state index contributed by atoms with van der Waals surface area (Å²) >= 11 is 0. The van der Waals surface area contributed by atoms with Gasteiger partial charge in [0.25, 0.3) is 0 Å². The number of carbonyl (C=O) groups excluding carboxylic acids is 2. The molecule has 0 saturated carbocycles. The summed E-state index contributed by atoms with van der Waals surface area (Å²) in [5, 5.41) is 0. The summed E-state index contributed by atoms with van der Waals surface area (Å²) in [5.74, 6) is -2.52. The number of amides is 2. The van der Waals surface area contributed by atoms with Gasteiger partial charge in [0.15, 0.2) is 0 Å². The quantitative estimate of drug-likeness (QED) is 0.769. The van der Waals surface area contributed by atoms with E-state index in [2.05, 4.69) is 0 Å². The molecule has 1 rings (SSSR count). The molecule has 1 atom stereocenters. The van der Waals surface area contributed by atoms with Crippen LogP contribution in [-0.2, 0) is 9.59 Å². The second kappa shape index (κ2) is 5.25. The minimum absolute atomic E-state index is 0.00193. The Kier molecular flexibility index (Phi) is 3.99. The lowest BCUT2D eigenvalue weighted by molar-refractivity contribution is -0.120. The first kappa shape index (κ1) is 12.2. The number of primary amides is 2. The number of halogens is 1. The molecule has 2 amide bonds. The molecule has 16 heavy (non-hydrogen) atoms. The molecule has 0 radical (unpaired) electrons. The largest absolute Gasteiger partial charge is 0.370 e. The van der Waals surface area contributed by atoms with Crippen LogP contribution in [0.25, 0.3) is 0 Å². The van der Waals surface area contributed by atoms with Gasteiger partial charge in [0.05, 0.1) is 5.92 Å². The molecule has 1 aromatic rings. The van der Waals surface area contributed by atoms with Crippen molar-refractivity contribution < 1.29 is 14.0 Å². The highest BCUT2D eigenvalue weighted by atomic mass is 19.1. The minimum atomic E-state index is -0.811. The predicted octanol–water partition coefficient (Wildman–Crippen LogP) is 0.660. The third-order valence-corrected chi connectivity index (χ3v) is 2.30. The Hall–Kier alpha value is -1.91. The minimum Gasteiger partial charge on any atom is -0.370 e. The zero-order valence-electron chi connectivity index (χ0n) is 8.65. The standard InChI is InChI=1S/C11H13FN2O2/c12-9-4-2-1-3-7(9)8(11(14)16)5-6-10(13)15/h1-4,8H,5-6H2,(H2,13,15)(H2,14,16). The second-order valence-electron chi connectivity index (χ2n) is 3.48. The van der Waals surface area contributed by atoms with E-state index in [1.165, 1.54) is 18.2 Å². The van der Waals surface area contributed by atoms with Gasteiger partial charge in [-0.1, -0.05) is 18.2 Å². The Morgan fingerprint density at radius 1 is 1.25 bits per heavy atom. The van der Waals surface area contributed by atoms with Gasteiger partial charge in [0, 0.05) is 12.0 Å². The highest BCUT2D eigenvalue weighted by Gasteiger charge is 2.21. The van der Waals surface area contributed by atoms with Gasteiger partial charge in [-0.3, -0.25) is 9.59 Å². The van der Waals surface area contributed by atoms with Crippen LogP contribution >= 0.6 is 0 Å². The van der Waals surface area contributed by atoms with Crippen LogP contribution in [0.2, 0.25) is 0 Å². The van der Waals surface area contributed by atoms with Crippen LogP contribution in [-0.4, -0.2) is 11.8 Å². The van der Waals surface area contributed by atoms with Crippen molar-refractivity contribution in [3.8, 4) is 0 Å². The third kappa shape index (κ3) is 3.05. The van der Waals surface area contributed by atoms with E-state index in [-0.39, 0.29) is 18.4 Å². The topological polar surface area (TPSA) is 86.2 Å². The van der Waals surface area contributed by atoms with Crippen molar-refractivity contribution in [2.45, 2.75) is 18.8 Å². The number of nitrogens with two attached hydrogens (primary N) is 2. The molecule has 0 aliphatic heterocycles. The Labute approximate surface area is 92.4 Å². The van der Waals surface area contributed by atoms with Crippen molar-refractivity contribution in [3.63, 3.8) is 0 Å². The van der Waals surface area contributed by atoms with Crippen LogP contribution in [0.3, 0.4) is 0 Å². The molecule has 86 valence electrons. The van der Waals surface area contributed by atoms with E-state index in [1.54, 1.807) is 6.07 Å². The normalized spacial score (nSPS) is 12.1. The number of carbonyl (C=O) groups is 2. The van der Waals surface area contributed by atoms with Crippen LogP contribution in [0.1, 0.15) is 24.3 Å². The van der Waals surface area contributed by atoms with Gasteiger partial charge in [-0.15, -0.1) is 0 Å². The molecule has 0 aliphatic carbocycles. The van der Waals surface area contributed by atoms with Gasteiger partial charge in [0.2, 0.25) is 11.8 Å². The molecule has 1 aromatic carbocycles. The summed E-state index contributed by atoms with van der Waals surface area (Å²) in [5.41, 5.74) is 10.3. The van der Waals surface area contributed by atoms with Crippen LogP contribution in [0, 0.1) is 5.82 Å². The first-order chi connectivity index (χ1) is 7.52. The Morgan fingerprint density at radius 3 is 2.38 bits per heavy atom. The van der Waals surface area contributed by atoms with E-state index in [4.69, 9.17) is 11.5 Å². The van der Waals surface area contributed by atoms with Gasteiger partial charge in [-0.25, -0.2) is 4.39 Å². The Bertz CT molecular complexity index is 407. The number of rotatable bonds is 5. The fourth-order valence-electron chi connectivity index (χ4n) is 1.50. The van der Waals surface area contributed by atoms with Crippen molar-refractivity contribution in [3.05, 3.63) is 35.6 Å². The molecule has 0 spiro atoms. The highest BCUT2D eigenvalue weighted by Crippen LogP contribution is 2.23. The summed E-state index contributed by atoms with van der Waals surface area (Å²) in [6, 6.07) is 5.85. The lowest BCUT2D eigenvalue weighted by atomic mass is 9.93. The molecular formula is C11H13FN2O2. The predicted molar refractivity (Wildman–Crippen MR) is 56.8 cm³/mol. The maximum atomic E-state index is 13.4. The van der Waals surface area contributed by atoms with E-state index < -0.39 is 23.5 Å². The van der Waals surface area contributed by atoms with Gasteiger partial charge in [-0.2, -0.15) is 0 Å². The number of hydrogen-bond acceptors (Lipinski definition) is 2. The third-order valence-electron chi connectivity index (χ3n) is 2.30. The van der Waals surface area contributed by atoms with E-state index in [0.717, 1.165) is 0 Å². The second-order valence-corrected chi connectivity index (χ2v) is 3.48. The Balaban J connectivity index is 2.90. The van der Waals surface area contributed by atoms with Crippen LogP contribution < -0.4 is 11.5 Å². The lowest BCUT2D eigenvalue weighted by Gasteiger charge is -2.13. The molecule has 1 unspecified atom stereocenters. The molecule has 4 N–H and O–H groups in total. The molecule has 0 saturated heterocycles. The number of benzene rings is 1. The van der Waals surface area contributed by atoms with Gasteiger partial charge in [0.1, 0.15) is 5.82 Å². The first-order valence-electron chi connectivity index (χ1n) is 4.84. The molecule has 0 aromatic heterocycles. The van der Waals surface area contributed by atoms with E-state index in [1.807, 2.05) is 0 Å². The van der Waals surface area contributed by atoms with Crippen molar-refractivity contribution in [2.24, 2.45) is 11.5 Å². The van der Waals surface area contributed by atoms with Crippen LogP contribution in [0.4, 0.5) is 4.39 Å². The van der Waals surface area contributed by atoms with Crippen molar-refractivity contribution in [2.75, 3.05) is 0 Å². The Morgan fingerprint density at radius 2 is 1.88 bits per heavy atom. The van der Waals surface area contributed by atoms with Crippen molar-refractivity contribution in [1.82, 2.24) is 0 Å². The maximum absolute atomic E-state index is 13.4. The molecule has 0 bridgehead atoms. The lowest BCUT2D eigenvalue weighted by Crippen LogP contribution is -2.24. The zero-order chi connectivity index (χ0) is 12.1. The summed E-state index contributed by atoms with van der Waals surface area (Å²) in [4.78, 5) is 21.8. The molecule has 5 heteroatoms. The first-order valence-corrected chi connectivity index (χ1v) is 4.84. The highest BCUT2D eigenvalue weighted by molar-refractivity contribution is 5.83. The molecule has 0 fully saturated rings. The fourth-order valence-corrected chi connectivity index (χ4v) is 1.50. The SMILES string of the molecule is NC(=O)CCC(C(N)=O)c1ccccc1F. The van der Waals surface area contributed by atoms with Gasteiger partial charge in [-0.05, 0) is 12.5 Å². The average molecular weight is 224 g/mol. The maximum Gasteiger partial charge on any atom is 0.225 e. The van der Waals surface area contributed by atoms with E-state index in [9.17, 15) is 14.0 Å². The van der Waals surface area contributed by atoms with Crippen LogP contribution in [0.5, 0.6) is 0 Å². The zero-order valence-corrected chi connectivity index (χ0v) is 8.65. The molecular weight excluding hydrogens is 211 g/mol. The molecule has 4 nitrogen and oxygen atoms in total. The summed E-state index contributed by atoms with van der Waals surface area (Å²) in [7, 11) is 0. The van der Waals surface area contributed by atoms with Crippen molar-refractivity contribution in [1.29, 1.82) is 0 Å². The van der Waals surface area contributed by atoms with Crippen molar-refractivity contribution >= 4 is 11.8 Å². The van der Waals surface area contributed by atoms with Gasteiger partial charge < -0.3 is 11.5 Å². The molecule has 0 heterocycles. The fraction of sp³-hybridized carbons (Fsp3) is 0.273. The smallest absolute Gasteiger partial charge is 0.225 e. The van der Waals surface area contributed by atoms with Gasteiger partial charge >= 0.3 is 0 Å². The average Bonchev–Trinajstić information content (AvgIpc) is 2.20. The van der Waals surface area contributed by atoms with E-state index in [0.29, 0.717) is 0 Å². The number of hydrogen-bond donors (Lipinski definition) is 2. The summed E-state index contributed by atoms with van der Waals surface area (Å²) < 4.78 is 13.4.